The molecule has 1 aromatic carbocycles. The van der Waals surface area contributed by atoms with E-state index in [1.165, 1.54) is 19.2 Å². The Hall–Kier alpha value is -2.57. The summed E-state index contributed by atoms with van der Waals surface area (Å²) < 4.78 is 73.5. The minimum Gasteiger partial charge on any atom is -0.481 e. The lowest BCUT2D eigenvalue weighted by atomic mass is 10.2. The zero-order valence-electron chi connectivity index (χ0n) is 14.8. The van der Waals surface area contributed by atoms with Gasteiger partial charge in [0.05, 0.1) is 12.1 Å². The molecule has 0 saturated carbocycles. The number of hydrogen-bond acceptors (Lipinski definition) is 6. The van der Waals surface area contributed by atoms with Crippen LogP contribution in [-0.2, 0) is 16.4 Å². The van der Waals surface area contributed by atoms with Gasteiger partial charge < -0.3 is 9.47 Å². The quantitative estimate of drug-likeness (QED) is 0.592. The molecule has 0 bridgehead atoms. The van der Waals surface area contributed by atoms with Crippen molar-refractivity contribution in [3.05, 3.63) is 35.1 Å². The minimum atomic E-state index is -4.20. The molecule has 2 aromatic heterocycles. The average molecular weight is 451 g/mol. The number of nitrogens with zero attached hydrogens (tertiary/aromatic N) is 3. The van der Waals surface area contributed by atoms with Crippen molar-refractivity contribution in [3.8, 4) is 17.6 Å². The molecule has 0 radical (unpaired) electrons. The van der Waals surface area contributed by atoms with Gasteiger partial charge in [-0.1, -0.05) is 11.6 Å². The summed E-state index contributed by atoms with van der Waals surface area (Å²) in [6, 6.07) is 2.68. The molecule has 2 N–H and O–H groups in total. The van der Waals surface area contributed by atoms with E-state index >= 15 is 0 Å². The smallest absolute Gasteiger partial charge is 0.242 e. The molecule has 0 spiro atoms. The highest BCUT2D eigenvalue weighted by Gasteiger charge is 2.24. The Morgan fingerprint density at radius 2 is 2.07 bits per heavy atom. The minimum absolute atomic E-state index is 0.00300. The molecule has 0 aliphatic heterocycles. The monoisotopic (exact) mass is 450 g/mol. The number of sulfonamides is 1. The summed E-state index contributed by atoms with van der Waals surface area (Å²) in [6.07, 6.45) is -1.07. The van der Waals surface area contributed by atoms with Gasteiger partial charge >= 0.3 is 0 Å². The average Bonchev–Trinajstić information content (AvgIpc) is 3.04. The molecule has 13 heteroatoms. The molecule has 156 valence electrons. The SMILES string of the molecule is COc1nc(-n2cc(S(N)(=O)=O)c3ccc(Cl)c(OCF)c32)ncc1CC(F)F. The van der Waals surface area contributed by atoms with Crippen LogP contribution in [0, 0.1) is 0 Å². The van der Waals surface area contributed by atoms with Crippen LogP contribution in [0.1, 0.15) is 5.56 Å². The number of methoxy groups -OCH3 is 1. The number of hydrogen-bond donors (Lipinski definition) is 1. The highest BCUT2D eigenvalue weighted by Crippen LogP contribution is 2.38. The molecule has 29 heavy (non-hydrogen) atoms. The maximum Gasteiger partial charge on any atom is 0.242 e. The van der Waals surface area contributed by atoms with Crippen LogP contribution >= 0.6 is 11.6 Å². The number of benzene rings is 1. The van der Waals surface area contributed by atoms with Gasteiger partial charge in [-0.05, 0) is 12.1 Å². The largest absolute Gasteiger partial charge is 0.481 e. The predicted octanol–water partition coefficient (Wildman–Crippen LogP) is 2.84. The number of halogens is 4. The molecular formula is C16H14ClF3N4O4S. The zero-order valence-corrected chi connectivity index (χ0v) is 16.3. The summed E-state index contributed by atoms with van der Waals surface area (Å²) in [7, 11) is -2.96. The van der Waals surface area contributed by atoms with Crippen molar-refractivity contribution in [2.24, 2.45) is 5.14 Å². The van der Waals surface area contributed by atoms with E-state index in [1.54, 1.807) is 0 Å². The van der Waals surface area contributed by atoms with Crippen LogP contribution in [-0.4, -0.2) is 43.3 Å². The molecule has 3 rings (SSSR count). The van der Waals surface area contributed by atoms with E-state index in [-0.39, 0.29) is 44.0 Å². The first-order chi connectivity index (χ1) is 13.7. The van der Waals surface area contributed by atoms with Gasteiger partial charge in [-0.3, -0.25) is 4.57 Å². The number of nitrogens with two attached hydrogens (primary N) is 1. The molecule has 8 nitrogen and oxygen atoms in total. The maximum absolute atomic E-state index is 12.9. The third kappa shape index (κ3) is 4.09. The van der Waals surface area contributed by atoms with Gasteiger partial charge in [-0.25, -0.2) is 31.7 Å². The summed E-state index contributed by atoms with van der Waals surface area (Å²) in [5, 5.41) is 5.35. The fourth-order valence-corrected chi connectivity index (χ4v) is 3.72. The number of aromatic nitrogens is 3. The van der Waals surface area contributed by atoms with Crippen molar-refractivity contribution in [2.45, 2.75) is 17.7 Å². The molecule has 0 aliphatic carbocycles. The lowest BCUT2D eigenvalue weighted by molar-refractivity contribution is 0.147. The molecule has 2 heterocycles. The number of primary sulfonamides is 1. The summed E-state index contributed by atoms with van der Waals surface area (Å²) in [5.74, 6) is -0.448. The van der Waals surface area contributed by atoms with Crippen molar-refractivity contribution in [3.63, 3.8) is 0 Å². The molecule has 0 amide bonds. The first-order valence-electron chi connectivity index (χ1n) is 7.91. The molecule has 0 aliphatic rings. The van der Waals surface area contributed by atoms with Crippen LogP contribution in [0.25, 0.3) is 16.9 Å². The molecule has 3 aromatic rings. The Balaban J connectivity index is 2.33. The number of alkyl halides is 3. The second-order valence-corrected chi connectivity index (χ2v) is 7.67. The second kappa shape index (κ2) is 8.05. The zero-order chi connectivity index (χ0) is 21.3. The van der Waals surface area contributed by atoms with Crippen LogP contribution < -0.4 is 14.6 Å². The summed E-state index contributed by atoms with van der Waals surface area (Å²) >= 11 is 6.07. The molecule has 0 atom stereocenters. The van der Waals surface area contributed by atoms with Crippen molar-refractivity contribution < 1.29 is 31.1 Å². The van der Waals surface area contributed by atoms with E-state index in [0.29, 0.717) is 0 Å². The fraction of sp³-hybridized carbons (Fsp3) is 0.250. The van der Waals surface area contributed by atoms with Gasteiger partial charge in [0, 0.05) is 29.8 Å². The third-order valence-corrected chi connectivity index (χ3v) is 5.17. The summed E-state index contributed by atoms with van der Waals surface area (Å²) in [4.78, 5) is 7.74. The third-order valence-electron chi connectivity index (χ3n) is 3.94. The standard InChI is InChI=1S/C16H14ClF3N4O4S/c1-27-15-8(4-12(19)20)5-22-16(23-15)24-6-11(29(21,25)26)9-2-3-10(17)14(13(9)24)28-7-18/h2-3,5-6,12H,4,7H2,1H3,(H2,21,25,26). The Morgan fingerprint density at radius 3 is 2.66 bits per heavy atom. The summed E-state index contributed by atoms with van der Waals surface area (Å²) in [5.41, 5.74) is 0.0792. The van der Waals surface area contributed by atoms with Gasteiger partial charge in [0.1, 0.15) is 10.4 Å². The van der Waals surface area contributed by atoms with Gasteiger partial charge in [-0.2, -0.15) is 4.98 Å². The van der Waals surface area contributed by atoms with E-state index in [2.05, 4.69) is 9.97 Å². The Kier molecular flexibility index (Phi) is 5.87. The maximum atomic E-state index is 12.9. The summed E-state index contributed by atoms with van der Waals surface area (Å²) in [6.45, 7) is -1.24. The van der Waals surface area contributed by atoms with Gasteiger partial charge in [0.15, 0.2) is 5.75 Å². The molecule has 0 unspecified atom stereocenters. The molecule has 0 fully saturated rings. The lowest BCUT2D eigenvalue weighted by Gasteiger charge is -2.12. The lowest BCUT2D eigenvalue weighted by Crippen LogP contribution is -2.11. The van der Waals surface area contributed by atoms with Gasteiger partial charge in [-0.15, -0.1) is 0 Å². The Labute approximate surface area is 168 Å². The number of fused-ring (bicyclic) bond motifs is 1. The highest BCUT2D eigenvalue weighted by atomic mass is 35.5. The topological polar surface area (TPSA) is 109 Å². The van der Waals surface area contributed by atoms with E-state index in [1.807, 2.05) is 0 Å². The molecule has 0 saturated heterocycles. The van der Waals surface area contributed by atoms with Crippen LogP contribution in [0.15, 0.2) is 29.4 Å². The van der Waals surface area contributed by atoms with Crippen molar-refractivity contribution >= 4 is 32.5 Å². The van der Waals surface area contributed by atoms with E-state index in [0.717, 1.165) is 17.0 Å². The van der Waals surface area contributed by atoms with Crippen molar-refractivity contribution in [2.75, 3.05) is 14.0 Å². The van der Waals surface area contributed by atoms with E-state index < -0.39 is 29.7 Å². The fourth-order valence-electron chi connectivity index (χ4n) is 2.79. The second-order valence-electron chi connectivity index (χ2n) is 5.73. The van der Waals surface area contributed by atoms with Crippen LogP contribution in [0.3, 0.4) is 0 Å². The van der Waals surface area contributed by atoms with Crippen LogP contribution in [0.2, 0.25) is 5.02 Å². The van der Waals surface area contributed by atoms with E-state index in [4.69, 9.17) is 26.2 Å². The van der Waals surface area contributed by atoms with Crippen LogP contribution in [0.4, 0.5) is 13.2 Å². The van der Waals surface area contributed by atoms with Crippen molar-refractivity contribution in [1.82, 2.24) is 14.5 Å². The normalized spacial score (nSPS) is 12.0. The van der Waals surface area contributed by atoms with E-state index in [9.17, 15) is 21.6 Å². The predicted molar refractivity (Wildman–Crippen MR) is 98.1 cm³/mol. The Bertz CT molecular complexity index is 1170. The van der Waals surface area contributed by atoms with Gasteiger partial charge in [0.2, 0.25) is 35.1 Å². The number of ether oxygens (including phenoxy) is 2. The first-order valence-corrected chi connectivity index (χ1v) is 9.83. The van der Waals surface area contributed by atoms with Crippen molar-refractivity contribution in [1.29, 1.82) is 0 Å². The Morgan fingerprint density at radius 1 is 1.34 bits per heavy atom. The van der Waals surface area contributed by atoms with Crippen LogP contribution in [0.5, 0.6) is 11.6 Å². The highest BCUT2D eigenvalue weighted by molar-refractivity contribution is 7.89. The molecular weight excluding hydrogens is 437 g/mol. The first kappa shape index (κ1) is 21.1. The number of rotatable bonds is 7. The van der Waals surface area contributed by atoms with Gasteiger partial charge in [0.25, 0.3) is 0 Å².